The van der Waals surface area contributed by atoms with Crippen molar-refractivity contribution in [1.29, 1.82) is 0 Å². The maximum absolute atomic E-state index is 13.0. The highest BCUT2D eigenvalue weighted by atomic mass is 16.3. The fourth-order valence-corrected chi connectivity index (χ4v) is 4.33. The first-order chi connectivity index (χ1) is 13.1. The molecule has 6 nitrogen and oxygen atoms in total. The number of H-pyrrole nitrogens is 2. The number of aromatic amines is 2. The van der Waals surface area contributed by atoms with Gasteiger partial charge in [-0.05, 0) is 18.2 Å². The van der Waals surface area contributed by atoms with Crippen molar-refractivity contribution < 1.29 is 14.7 Å². The minimum atomic E-state index is -0.304. The second-order valence-electron chi connectivity index (χ2n) is 6.94. The number of fused-ring (bicyclic) bond motifs is 10. The van der Waals surface area contributed by atoms with E-state index in [0.717, 1.165) is 32.7 Å². The largest absolute Gasteiger partial charge is 0.508 e. The molecule has 6 heteroatoms. The fraction of sp³-hybridized carbons (Fsp3) is 0.0476. The van der Waals surface area contributed by atoms with E-state index in [-0.39, 0.29) is 17.6 Å². The van der Waals surface area contributed by atoms with E-state index in [1.54, 1.807) is 18.2 Å². The van der Waals surface area contributed by atoms with Gasteiger partial charge in [0.2, 0.25) is 0 Å². The molecule has 0 aliphatic carbocycles. The van der Waals surface area contributed by atoms with Crippen molar-refractivity contribution in [3.8, 4) is 5.75 Å². The molecule has 27 heavy (non-hydrogen) atoms. The molecule has 0 radical (unpaired) electrons. The predicted molar refractivity (Wildman–Crippen MR) is 103 cm³/mol. The van der Waals surface area contributed by atoms with Crippen molar-refractivity contribution in [3.05, 3.63) is 53.6 Å². The number of amides is 2. The Morgan fingerprint density at radius 1 is 0.815 bits per heavy atom. The zero-order valence-electron chi connectivity index (χ0n) is 14.3. The van der Waals surface area contributed by atoms with E-state index < -0.39 is 0 Å². The van der Waals surface area contributed by atoms with Crippen LogP contribution in [0.25, 0.3) is 43.6 Å². The number of phenols is 1. The van der Waals surface area contributed by atoms with Gasteiger partial charge in [0.1, 0.15) is 5.75 Å². The maximum atomic E-state index is 13.0. The van der Waals surface area contributed by atoms with Crippen LogP contribution in [0.2, 0.25) is 0 Å². The molecule has 0 bridgehead atoms. The Labute approximate surface area is 152 Å². The number of aromatic nitrogens is 2. The van der Waals surface area contributed by atoms with Crippen LogP contribution in [0.15, 0.2) is 42.5 Å². The first-order valence-electron chi connectivity index (χ1n) is 8.59. The van der Waals surface area contributed by atoms with Gasteiger partial charge in [-0.15, -0.1) is 0 Å². The quantitative estimate of drug-likeness (QED) is 0.368. The van der Waals surface area contributed by atoms with Crippen LogP contribution in [0.4, 0.5) is 0 Å². The fourth-order valence-electron chi connectivity index (χ4n) is 4.33. The van der Waals surface area contributed by atoms with E-state index in [2.05, 4.69) is 9.97 Å². The standard InChI is InChI=1S/C21H13N3O3/c1-24-20(26)16-14-10-4-2-3-5-12(10)22-18(14)19-15(17(16)21(24)27)11-7-6-9(25)8-13(11)23-19/h2-8,22-23,25H,1H3. The average molecular weight is 355 g/mol. The van der Waals surface area contributed by atoms with Gasteiger partial charge in [-0.2, -0.15) is 0 Å². The Morgan fingerprint density at radius 2 is 1.41 bits per heavy atom. The number of benzene rings is 3. The Balaban J connectivity index is 2.00. The number of aromatic hydroxyl groups is 1. The first kappa shape index (κ1) is 14.4. The van der Waals surface area contributed by atoms with Gasteiger partial charge in [0.25, 0.3) is 11.8 Å². The molecular weight excluding hydrogens is 342 g/mol. The first-order valence-corrected chi connectivity index (χ1v) is 8.59. The third kappa shape index (κ3) is 1.56. The summed E-state index contributed by atoms with van der Waals surface area (Å²) in [5, 5.41) is 13.0. The van der Waals surface area contributed by atoms with Crippen molar-refractivity contribution in [3.63, 3.8) is 0 Å². The summed E-state index contributed by atoms with van der Waals surface area (Å²) >= 11 is 0. The Bertz CT molecular complexity index is 1490. The van der Waals surface area contributed by atoms with Crippen LogP contribution in [0.5, 0.6) is 5.75 Å². The van der Waals surface area contributed by atoms with Crippen LogP contribution in [-0.4, -0.2) is 38.8 Å². The molecule has 2 aromatic heterocycles. The summed E-state index contributed by atoms with van der Waals surface area (Å²) in [6.45, 7) is 0. The van der Waals surface area contributed by atoms with Gasteiger partial charge < -0.3 is 15.1 Å². The van der Waals surface area contributed by atoms with E-state index in [4.69, 9.17) is 0 Å². The zero-order chi connectivity index (χ0) is 18.4. The summed E-state index contributed by atoms with van der Waals surface area (Å²) in [4.78, 5) is 33.8. The minimum absolute atomic E-state index is 0.137. The summed E-state index contributed by atoms with van der Waals surface area (Å²) in [5.41, 5.74) is 4.03. The number of carbonyl (C=O) groups excluding carboxylic acids is 2. The zero-order valence-corrected chi connectivity index (χ0v) is 14.3. The van der Waals surface area contributed by atoms with Gasteiger partial charge in [-0.3, -0.25) is 14.5 Å². The lowest BCUT2D eigenvalue weighted by Crippen LogP contribution is -2.24. The molecule has 0 unspecified atom stereocenters. The number of phenolic OH excluding ortho intramolecular Hbond substituents is 1. The van der Waals surface area contributed by atoms with Crippen molar-refractivity contribution in [2.45, 2.75) is 0 Å². The molecule has 6 rings (SSSR count). The van der Waals surface area contributed by atoms with Crippen LogP contribution < -0.4 is 0 Å². The molecule has 3 aromatic carbocycles. The lowest BCUT2D eigenvalue weighted by molar-refractivity contribution is 0.0694. The number of nitrogens with one attached hydrogen (secondary N) is 2. The summed E-state index contributed by atoms with van der Waals surface area (Å²) < 4.78 is 0. The highest BCUT2D eigenvalue weighted by Crippen LogP contribution is 2.43. The molecule has 130 valence electrons. The van der Waals surface area contributed by atoms with Crippen LogP contribution in [0.3, 0.4) is 0 Å². The van der Waals surface area contributed by atoms with E-state index in [1.807, 2.05) is 24.3 Å². The highest BCUT2D eigenvalue weighted by molar-refractivity contribution is 6.38. The predicted octanol–water partition coefficient (Wildman–Crippen LogP) is 3.89. The second-order valence-corrected chi connectivity index (χ2v) is 6.94. The lowest BCUT2D eigenvalue weighted by Gasteiger charge is -2.03. The summed E-state index contributed by atoms with van der Waals surface area (Å²) in [5.74, 6) is -0.459. The Kier molecular flexibility index (Phi) is 2.38. The van der Waals surface area contributed by atoms with Crippen molar-refractivity contribution in [2.24, 2.45) is 0 Å². The van der Waals surface area contributed by atoms with Gasteiger partial charge >= 0.3 is 0 Å². The number of hydrogen-bond donors (Lipinski definition) is 3. The van der Waals surface area contributed by atoms with Crippen molar-refractivity contribution in [2.75, 3.05) is 7.05 Å². The van der Waals surface area contributed by atoms with Gasteiger partial charge in [0.05, 0.1) is 27.7 Å². The van der Waals surface area contributed by atoms with E-state index in [1.165, 1.54) is 11.9 Å². The topological polar surface area (TPSA) is 89.2 Å². The number of nitrogens with zero attached hydrogens (tertiary/aromatic N) is 1. The third-order valence-corrected chi connectivity index (χ3v) is 5.53. The average Bonchev–Trinajstić information content (AvgIpc) is 3.28. The lowest BCUT2D eigenvalue weighted by atomic mass is 9.97. The molecule has 0 saturated heterocycles. The third-order valence-electron chi connectivity index (χ3n) is 5.53. The molecule has 0 saturated carbocycles. The molecule has 5 aromatic rings. The number of hydrogen-bond acceptors (Lipinski definition) is 3. The Hall–Kier alpha value is -3.80. The van der Waals surface area contributed by atoms with Crippen LogP contribution in [-0.2, 0) is 0 Å². The van der Waals surface area contributed by atoms with E-state index in [9.17, 15) is 14.7 Å². The van der Waals surface area contributed by atoms with Gasteiger partial charge in [-0.1, -0.05) is 18.2 Å². The molecule has 0 fully saturated rings. The van der Waals surface area contributed by atoms with Crippen molar-refractivity contribution in [1.82, 2.24) is 14.9 Å². The van der Waals surface area contributed by atoms with E-state index >= 15 is 0 Å². The monoisotopic (exact) mass is 355 g/mol. The van der Waals surface area contributed by atoms with Crippen molar-refractivity contribution >= 4 is 55.4 Å². The van der Waals surface area contributed by atoms with Crippen LogP contribution >= 0.6 is 0 Å². The highest BCUT2D eigenvalue weighted by Gasteiger charge is 2.38. The number of para-hydroxylation sites is 1. The molecule has 0 atom stereocenters. The molecule has 3 N–H and O–H groups in total. The second kappa shape index (κ2) is 4.48. The molecule has 2 amide bonds. The van der Waals surface area contributed by atoms with Crippen LogP contribution in [0.1, 0.15) is 20.7 Å². The summed E-state index contributed by atoms with van der Waals surface area (Å²) in [6, 6.07) is 12.7. The molecule has 1 aliphatic heterocycles. The summed E-state index contributed by atoms with van der Waals surface area (Å²) in [6.07, 6.45) is 0. The van der Waals surface area contributed by atoms with Gasteiger partial charge in [0, 0.05) is 40.2 Å². The van der Waals surface area contributed by atoms with Crippen LogP contribution in [0, 0.1) is 0 Å². The molecule has 0 spiro atoms. The SMILES string of the molecule is CN1C(=O)c2c(c3c4ccc(O)cc4[nH]c3c3[nH]c4ccccc4c23)C1=O. The van der Waals surface area contributed by atoms with Gasteiger partial charge in [-0.25, -0.2) is 0 Å². The molecule has 3 heterocycles. The number of carbonyl (C=O) groups is 2. The van der Waals surface area contributed by atoms with E-state index in [0.29, 0.717) is 22.0 Å². The Morgan fingerprint density at radius 3 is 2.11 bits per heavy atom. The van der Waals surface area contributed by atoms with Gasteiger partial charge in [0.15, 0.2) is 0 Å². The number of imide groups is 1. The molecular formula is C21H13N3O3. The number of rotatable bonds is 0. The summed E-state index contributed by atoms with van der Waals surface area (Å²) in [7, 11) is 1.51. The normalized spacial score (nSPS) is 14.3. The molecule has 1 aliphatic rings. The maximum Gasteiger partial charge on any atom is 0.262 e. The minimum Gasteiger partial charge on any atom is -0.508 e. The smallest absolute Gasteiger partial charge is 0.262 e.